The van der Waals surface area contributed by atoms with E-state index in [1.54, 1.807) is 0 Å². The summed E-state index contributed by atoms with van der Waals surface area (Å²) in [6.07, 6.45) is 67.2. The van der Waals surface area contributed by atoms with Crippen molar-refractivity contribution >= 4 is 19.7 Å². The number of allylic oxidation sites excluding steroid dienone is 13. The highest BCUT2D eigenvalue weighted by Gasteiger charge is 2.30. The number of nitrogens with zero attached hydrogens (tertiary/aromatic N) is 1. The molecule has 0 fully saturated rings. The van der Waals surface area contributed by atoms with Crippen LogP contribution in [-0.2, 0) is 27.9 Å². The van der Waals surface area contributed by atoms with E-state index in [1.165, 1.54) is 116 Å². The van der Waals surface area contributed by atoms with Gasteiger partial charge < -0.3 is 19.4 Å². The summed E-state index contributed by atoms with van der Waals surface area (Å²) in [6, 6.07) is -0.872. The van der Waals surface area contributed by atoms with Crippen molar-refractivity contribution in [3.05, 3.63) is 85.1 Å². The smallest absolute Gasteiger partial charge is 0.456 e. The molecule has 0 aromatic carbocycles. The number of ether oxygens (including phenoxy) is 1. The van der Waals surface area contributed by atoms with Crippen LogP contribution in [0, 0.1) is 0 Å². The van der Waals surface area contributed by atoms with Crippen molar-refractivity contribution in [1.29, 1.82) is 0 Å². The van der Waals surface area contributed by atoms with Crippen molar-refractivity contribution in [3.63, 3.8) is 0 Å². The standard InChI is InChI=1S/C62H111N2O7P/c1-7-10-13-16-19-22-25-28-29-30-31-32-33-34-35-37-39-42-45-48-51-54-61(65)63-59(58-70-72(67,68)69-57-56-64(4,5)6)60(53-50-47-44-41-38-27-24-21-18-15-12-9-3)71-62(66)55-52-49-46-43-40-36-26-23-20-17-14-11-8-2/h10,13,19,22,28-29,31-32,34-35,39,42,50,53,59-60H,7-9,11-12,14-18,20-21,23-27,30,33,36-38,40-41,43-49,51-52,54-58H2,1-6H3,(H-,63,65,67,68)/p+1/b13-10-,22-19-,29-28-,32-31-,35-34-,42-39-,53-50-. The van der Waals surface area contributed by atoms with Gasteiger partial charge >= 0.3 is 13.8 Å². The Kier molecular flexibility index (Phi) is 49.6. The number of hydrogen-bond donors (Lipinski definition) is 2. The number of nitrogens with one attached hydrogen (secondary N) is 1. The van der Waals surface area contributed by atoms with E-state index < -0.39 is 20.0 Å². The third kappa shape index (κ3) is 52.1. The summed E-state index contributed by atoms with van der Waals surface area (Å²) in [6.45, 7) is 6.85. The number of carbonyl (C=O) groups excluding carboxylic acids is 2. The molecule has 0 saturated heterocycles. The zero-order chi connectivity index (χ0) is 52.9. The van der Waals surface area contributed by atoms with Crippen LogP contribution in [0.5, 0.6) is 0 Å². The van der Waals surface area contributed by atoms with E-state index >= 15 is 0 Å². The van der Waals surface area contributed by atoms with Gasteiger partial charge in [-0.3, -0.25) is 18.6 Å². The average molecular weight is 1030 g/mol. The molecule has 0 aromatic rings. The number of phosphoric ester groups is 1. The maximum absolute atomic E-state index is 13.5. The van der Waals surface area contributed by atoms with Gasteiger partial charge in [-0.05, 0) is 83.1 Å². The maximum Gasteiger partial charge on any atom is 0.472 e. The van der Waals surface area contributed by atoms with Crippen molar-refractivity contribution < 1.29 is 37.3 Å². The number of quaternary nitrogens is 1. The largest absolute Gasteiger partial charge is 0.472 e. The predicted molar refractivity (Wildman–Crippen MR) is 309 cm³/mol. The number of amides is 1. The highest BCUT2D eigenvalue weighted by molar-refractivity contribution is 7.47. The second-order valence-corrected chi connectivity index (χ2v) is 22.2. The van der Waals surface area contributed by atoms with Crippen molar-refractivity contribution in [2.75, 3.05) is 40.9 Å². The summed E-state index contributed by atoms with van der Waals surface area (Å²) in [7, 11) is 1.46. The fraction of sp³-hybridized carbons (Fsp3) is 0.742. The van der Waals surface area contributed by atoms with Gasteiger partial charge in [-0.25, -0.2) is 4.57 Å². The first-order valence-corrected chi connectivity index (χ1v) is 30.9. The Morgan fingerprint density at radius 2 is 0.889 bits per heavy atom. The Balaban J connectivity index is 5.38. The molecule has 0 radical (unpaired) electrons. The molecule has 0 aliphatic rings. The zero-order valence-corrected chi connectivity index (χ0v) is 48.3. The highest BCUT2D eigenvalue weighted by Crippen LogP contribution is 2.43. The molecule has 1 amide bonds. The van der Waals surface area contributed by atoms with Gasteiger partial charge in [0.1, 0.15) is 19.3 Å². The lowest BCUT2D eigenvalue weighted by Crippen LogP contribution is -2.47. The Morgan fingerprint density at radius 3 is 1.35 bits per heavy atom. The van der Waals surface area contributed by atoms with Crippen LogP contribution in [0.4, 0.5) is 0 Å². The fourth-order valence-electron chi connectivity index (χ4n) is 8.06. The van der Waals surface area contributed by atoms with Gasteiger partial charge in [-0.2, -0.15) is 0 Å². The Morgan fingerprint density at radius 1 is 0.500 bits per heavy atom. The van der Waals surface area contributed by atoms with Gasteiger partial charge in [0.15, 0.2) is 0 Å². The zero-order valence-electron chi connectivity index (χ0n) is 47.4. The molecule has 3 unspecified atom stereocenters. The van der Waals surface area contributed by atoms with Gasteiger partial charge in [0.25, 0.3) is 0 Å². The second kappa shape index (κ2) is 51.7. The van der Waals surface area contributed by atoms with Crippen LogP contribution in [0.3, 0.4) is 0 Å². The minimum Gasteiger partial charge on any atom is -0.456 e. The minimum atomic E-state index is -4.46. The van der Waals surface area contributed by atoms with Crippen LogP contribution in [-0.4, -0.2) is 74.3 Å². The summed E-state index contributed by atoms with van der Waals surface area (Å²) in [5, 5.41) is 3.02. The highest BCUT2D eigenvalue weighted by atomic mass is 31.2. The first kappa shape index (κ1) is 69.2. The molecular weight excluding hydrogens is 916 g/mol. The van der Waals surface area contributed by atoms with E-state index in [2.05, 4.69) is 99.0 Å². The first-order chi connectivity index (χ1) is 34.9. The molecule has 0 spiro atoms. The summed E-state index contributed by atoms with van der Waals surface area (Å²) < 4.78 is 30.6. The van der Waals surface area contributed by atoms with E-state index in [-0.39, 0.29) is 37.9 Å². The first-order valence-electron chi connectivity index (χ1n) is 29.4. The summed E-state index contributed by atoms with van der Waals surface area (Å²) in [5.41, 5.74) is 0. The van der Waals surface area contributed by atoms with E-state index in [9.17, 15) is 19.0 Å². The predicted octanol–water partition coefficient (Wildman–Crippen LogP) is 17.8. The SMILES string of the molecule is CC/C=C\C/C=C\C/C=C\C/C=C\C/C=C\C/C=C\CCCCC(=O)NC(COP(=O)(O)OCC[N+](C)(C)C)C(/C=C\CCCCCCCCCCCC)OC(=O)CCCCCCCCCCCCCCC. The van der Waals surface area contributed by atoms with Crippen LogP contribution in [0.2, 0.25) is 0 Å². The van der Waals surface area contributed by atoms with Crippen molar-refractivity contribution in [2.45, 2.75) is 258 Å². The number of rotatable bonds is 52. The Labute approximate surface area is 444 Å². The van der Waals surface area contributed by atoms with Crippen LogP contribution >= 0.6 is 7.82 Å². The van der Waals surface area contributed by atoms with Crippen molar-refractivity contribution in [3.8, 4) is 0 Å². The molecule has 72 heavy (non-hydrogen) atoms. The molecule has 416 valence electrons. The third-order valence-corrected chi connectivity index (χ3v) is 13.6. The van der Waals surface area contributed by atoms with Crippen LogP contribution < -0.4 is 5.32 Å². The summed E-state index contributed by atoms with van der Waals surface area (Å²) >= 11 is 0. The number of phosphoric acid groups is 1. The lowest BCUT2D eigenvalue weighted by Gasteiger charge is -2.27. The molecule has 3 atom stereocenters. The Hall–Kier alpha value is -2.81. The molecule has 0 heterocycles. The van der Waals surface area contributed by atoms with Gasteiger partial charge in [0.05, 0.1) is 33.8 Å². The number of likely N-dealkylation sites (N-methyl/N-ethyl adjacent to an activating group) is 1. The van der Waals surface area contributed by atoms with E-state index in [0.717, 1.165) is 89.9 Å². The van der Waals surface area contributed by atoms with Gasteiger partial charge in [0, 0.05) is 12.8 Å². The molecule has 10 heteroatoms. The average Bonchev–Trinajstić information content (AvgIpc) is 3.34. The molecule has 0 rings (SSSR count). The lowest BCUT2D eigenvalue weighted by molar-refractivity contribution is -0.870. The third-order valence-electron chi connectivity index (χ3n) is 12.6. The van der Waals surface area contributed by atoms with E-state index in [0.29, 0.717) is 17.4 Å². The summed E-state index contributed by atoms with van der Waals surface area (Å²) in [4.78, 5) is 37.6. The molecule has 9 nitrogen and oxygen atoms in total. The topological polar surface area (TPSA) is 111 Å². The number of carbonyl (C=O) groups is 2. The van der Waals surface area contributed by atoms with Crippen LogP contribution in [0.1, 0.15) is 245 Å². The van der Waals surface area contributed by atoms with E-state index in [1.807, 2.05) is 33.3 Å². The molecule has 2 N–H and O–H groups in total. The molecule has 0 aromatic heterocycles. The van der Waals surface area contributed by atoms with Crippen molar-refractivity contribution in [2.24, 2.45) is 0 Å². The molecular formula is C62H112N2O7P+. The summed E-state index contributed by atoms with van der Waals surface area (Å²) in [5.74, 6) is -0.556. The van der Waals surface area contributed by atoms with Gasteiger partial charge in [0.2, 0.25) is 5.91 Å². The maximum atomic E-state index is 13.5. The lowest BCUT2D eigenvalue weighted by atomic mass is 10.0. The number of unbranched alkanes of at least 4 members (excludes halogenated alkanes) is 24. The Bertz CT molecular complexity index is 1510. The van der Waals surface area contributed by atoms with Crippen molar-refractivity contribution in [1.82, 2.24) is 5.32 Å². The molecule has 0 bridgehead atoms. The van der Waals surface area contributed by atoms with Crippen LogP contribution in [0.25, 0.3) is 0 Å². The monoisotopic (exact) mass is 1030 g/mol. The fourth-order valence-corrected chi connectivity index (χ4v) is 8.80. The second-order valence-electron chi connectivity index (χ2n) is 20.8. The normalized spacial score (nSPS) is 14.4. The van der Waals surface area contributed by atoms with Gasteiger partial charge in [-0.1, -0.05) is 235 Å². The number of esters is 1. The van der Waals surface area contributed by atoms with Crippen LogP contribution in [0.15, 0.2) is 85.1 Å². The molecule has 0 aliphatic carbocycles. The minimum absolute atomic E-state index is 0.0291. The van der Waals surface area contributed by atoms with Gasteiger partial charge in [-0.15, -0.1) is 0 Å². The quantitative estimate of drug-likeness (QED) is 0.0205. The van der Waals surface area contributed by atoms with E-state index in [4.69, 9.17) is 13.8 Å². The molecule has 0 aliphatic heterocycles. The molecule has 0 saturated carbocycles. The number of hydrogen-bond acceptors (Lipinski definition) is 6.